The van der Waals surface area contributed by atoms with E-state index >= 15 is 0 Å². The monoisotopic (exact) mass is 237 g/mol. The quantitative estimate of drug-likeness (QED) is 0.768. The number of amides is 1. The first kappa shape index (κ1) is 12.0. The number of hydrogen-bond donors (Lipinski definition) is 2. The molecule has 2 heterocycles. The maximum atomic E-state index is 12.1. The minimum atomic E-state index is -0.122. The molecule has 2 unspecified atom stereocenters. The molecule has 94 valence electrons. The highest BCUT2D eigenvalue weighted by molar-refractivity contribution is 5.90. The van der Waals surface area contributed by atoms with Gasteiger partial charge in [0, 0.05) is 25.6 Å². The normalized spacial score (nSPS) is 25.0. The maximum absolute atomic E-state index is 12.1. The largest absolute Gasteiger partial charge is 0.334 e. The standard InChI is InChI=1S/C11H19N5O/c1-3-9-13-10(15-14-9)11(17)16-5-7(2)4-8(12)6-16/h7-8H,3-6,12H2,1-2H3,(H,13,14,15). The number of aromatic amines is 1. The van der Waals surface area contributed by atoms with Crippen molar-refractivity contribution in [3.05, 3.63) is 11.6 Å². The van der Waals surface area contributed by atoms with Crippen molar-refractivity contribution in [2.45, 2.75) is 32.7 Å². The van der Waals surface area contributed by atoms with Crippen molar-refractivity contribution in [3.8, 4) is 0 Å². The van der Waals surface area contributed by atoms with Gasteiger partial charge in [-0.3, -0.25) is 9.89 Å². The van der Waals surface area contributed by atoms with Crippen molar-refractivity contribution in [1.82, 2.24) is 20.1 Å². The summed E-state index contributed by atoms with van der Waals surface area (Å²) in [5.41, 5.74) is 5.92. The van der Waals surface area contributed by atoms with Crippen LogP contribution in [-0.2, 0) is 6.42 Å². The molecule has 0 spiro atoms. The number of nitrogens with one attached hydrogen (secondary N) is 1. The Morgan fingerprint density at radius 3 is 2.94 bits per heavy atom. The predicted molar refractivity (Wildman–Crippen MR) is 63.4 cm³/mol. The Morgan fingerprint density at radius 2 is 2.35 bits per heavy atom. The number of carbonyl (C=O) groups is 1. The average Bonchev–Trinajstić information content (AvgIpc) is 2.75. The molecule has 6 nitrogen and oxygen atoms in total. The van der Waals surface area contributed by atoms with Crippen molar-refractivity contribution in [2.75, 3.05) is 13.1 Å². The second-order valence-corrected chi connectivity index (χ2v) is 4.77. The lowest BCUT2D eigenvalue weighted by Gasteiger charge is -2.34. The van der Waals surface area contributed by atoms with E-state index in [9.17, 15) is 4.79 Å². The van der Waals surface area contributed by atoms with Crippen molar-refractivity contribution in [2.24, 2.45) is 11.7 Å². The van der Waals surface area contributed by atoms with Crippen LogP contribution in [0.4, 0.5) is 0 Å². The van der Waals surface area contributed by atoms with Gasteiger partial charge in [-0.05, 0) is 12.3 Å². The third kappa shape index (κ3) is 2.63. The van der Waals surface area contributed by atoms with E-state index in [1.54, 1.807) is 4.90 Å². The summed E-state index contributed by atoms with van der Waals surface area (Å²) in [6.45, 7) is 5.41. The van der Waals surface area contributed by atoms with Gasteiger partial charge in [0.1, 0.15) is 5.82 Å². The summed E-state index contributed by atoms with van der Waals surface area (Å²) in [6, 6.07) is 0.0623. The van der Waals surface area contributed by atoms with Gasteiger partial charge in [-0.2, -0.15) is 0 Å². The second kappa shape index (κ2) is 4.83. The lowest BCUT2D eigenvalue weighted by atomic mass is 9.96. The summed E-state index contributed by atoms with van der Waals surface area (Å²) >= 11 is 0. The van der Waals surface area contributed by atoms with Gasteiger partial charge in [-0.25, -0.2) is 4.98 Å². The van der Waals surface area contributed by atoms with Gasteiger partial charge >= 0.3 is 0 Å². The van der Waals surface area contributed by atoms with E-state index in [1.807, 2.05) is 6.92 Å². The highest BCUT2D eigenvalue weighted by atomic mass is 16.2. The molecule has 3 N–H and O–H groups in total. The summed E-state index contributed by atoms with van der Waals surface area (Å²) in [7, 11) is 0. The number of piperidine rings is 1. The fraction of sp³-hybridized carbons (Fsp3) is 0.727. The molecule has 0 aromatic carbocycles. The van der Waals surface area contributed by atoms with Crippen LogP contribution < -0.4 is 5.73 Å². The number of nitrogens with two attached hydrogens (primary N) is 1. The highest BCUT2D eigenvalue weighted by Crippen LogP contribution is 2.16. The second-order valence-electron chi connectivity index (χ2n) is 4.77. The number of aromatic nitrogens is 3. The molecule has 1 amide bonds. The number of nitrogens with zero attached hydrogens (tertiary/aromatic N) is 3. The number of rotatable bonds is 2. The SMILES string of the molecule is CCc1nc(C(=O)N2CC(C)CC(N)C2)n[nH]1. The average molecular weight is 237 g/mol. The highest BCUT2D eigenvalue weighted by Gasteiger charge is 2.28. The summed E-state index contributed by atoms with van der Waals surface area (Å²) in [6.07, 6.45) is 1.72. The number of aryl methyl sites for hydroxylation is 1. The summed E-state index contributed by atoms with van der Waals surface area (Å²) in [4.78, 5) is 18.1. The zero-order chi connectivity index (χ0) is 12.4. The Kier molecular flexibility index (Phi) is 3.42. The summed E-state index contributed by atoms with van der Waals surface area (Å²) < 4.78 is 0. The van der Waals surface area contributed by atoms with Crippen LogP contribution in [0.3, 0.4) is 0 Å². The topological polar surface area (TPSA) is 87.9 Å². The minimum absolute atomic E-state index is 0.0623. The third-order valence-electron chi connectivity index (χ3n) is 3.04. The molecular weight excluding hydrogens is 218 g/mol. The first-order valence-electron chi connectivity index (χ1n) is 6.06. The van der Waals surface area contributed by atoms with Crippen LogP contribution in [0.5, 0.6) is 0 Å². The van der Waals surface area contributed by atoms with Crippen LogP contribution in [-0.4, -0.2) is 45.1 Å². The number of hydrogen-bond acceptors (Lipinski definition) is 4. The lowest BCUT2D eigenvalue weighted by molar-refractivity contribution is 0.0649. The zero-order valence-electron chi connectivity index (χ0n) is 10.3. The fourth-order valence-electron chi connectivity index (χ4n) is 2.26. The van der Waals surface area contributed by atoms with E-state index in [0.717, 1.165) is 25.2 Å². The molecule has 0 saturated carbocycles. The number of likely N-dealkylation sites (tertiary alicyclic amines) is 1. The van der Waals surface area contributed by atoms with Crippen molar-refractivity contribution < 1.29 is 4.79 Å². The first-order chi connectivity index (χ1) is 8.10. The molecule has 2 rings (SSSR count). The van der Waals surface area contributed by atoms with E-state index < -0.39 is 0 Å². The van der Waals surface area contributed by atoms with Gasteiger partial charge in [0.2, 0.25) is 5.82 Å². The van der Waals surface area contributed by atoms with Crippen LogP contribution in [0.1, 0.15) is 36.7 Å². The van der Waals surface area contributed by atoms with Gasteiger partial charge in [0.15, 0.2) is 0 Å². The molecule has 1 fully saturated rings. The van der Waals surface area contributed by atoms with Crippen LogP contribution in [0.25, 0.3) is 0 Å². The van der Waals surface area contributed by atoms with Gasteiger partial charge in [-0.1, -0.05) is 13.8 Å². The van der Waals surface area contributed by atoms with Crippen molar-refractivity contribution >= 4 is 5.91 Å². The van der Waals surface area contributed by atoms with Gasteiger partial charge < -0.3 is 10.6 Å². The van der Waals surface area contributed by atoms with Crippen molar-refractivity contribution in [3.63, 3.8) is 0 Å². The van der Waals surface area contributed by atoms with Crippen molar-refractivity contribution in [1.29, 1.82) is 0 Å². The molecule has 17 heavy (non-hydrogen) atoms. The molecule has 1 saturated heterocycles. The van der Waals surface area contributed by atoms with E-state index in [0.29, 0.717) is 12.5 Å². The lowest BCUT2D eigenvalue weighted by Crippen LogP contribution is -2.49. The summed E-state index contributed by atoms with van der Waals surface area (Å²) in [5.74, 6) is 1.31. The van der Waals surface area contributed by atoms with Crippen LogP contribution >= 0.6 is 0 Å². The molecule has 0 aliphatic carbocycles. The summed E-state index contributed by atoms with van der Waals surface area (Å²) in [5, 5.41) is 6.70. The minimum Gasteiger partial charge on any atom is -0.334 e. The molecule has 6 heteroatoms. The first-order valence-corrected chi connectivity index (χ1v) is 6.06. The Morgan fingerprint density at radius 1 is 1.59 bits per heavy atom. The van der Waals surface area contributed by atoms with E-state index in [2.05, 4.69) is 22.1 Å². The molecule has 0 bridgehead atoms. The number of H-pyrrole nitrogens is 1. The Bertz CT molecular complexity index is 392. The smallest absolute Gasteiger partial charge is 0.293 e. The molecule has 1 aromatic rings. The van der Waals surface area contributed by atoms with E-state index in [4.69, 9.17) is 5.73 Å². The number of carbonyl (C=O) groups excluding carboxylic acids is 1. The molecular formula is C11H19N5O. The van der Waals surface area contributed by atoms with Crippen LogP contribution in [0, 0.1) is 5.92 Å². The van der Waals surface area contributed by atoms with Gasteiger partial charge in [0.25, 0.3) is 5.91 Å². The molecule has 1 aromatic heterocycles. The Labute approximate surface area is 101 Å². The van der Waals surface area contributed by atoms with Gasteiger partial charge in [0.05, 0.1) is 0 Å². The molecule has 2 atom stereocenters. The van der Waals surface area contributed by atoms with Gasteiger partial charge in [-0.15, -0.1) is 5.10 Å². The van der Waals surface area contributed by atoms with E-state index in [-0.39, 0.29) is 17.8 Å². The Hall–Kier alpha value is -1.43. The van der Waals surface area contributed by atoms with Crippen LogP contribution in [0.2, 0.25) is 0 Å². The fourth-order valence-corrected chi connectivity index (χ4v) is 2.26. The third-order valence-corrected chi connectivity index (χ3v) is 3.04. The molecule has 0 radical (unpaired) electrons. The predicted octanol–water partition coefficient (Wildman–Crippen LogP) is 0.176. The Balaban J connectivity index is 2.08. The zero-order valence-corrected chi connectivity index (χ0v) is 10.3. The molecule has 1 aliphatic heterocycles. The van der Waals surface area contributed by atoms with E-state index in [1.165, 1.54) is 0 Å². The molecule has 1 aliphatic rings. The maximum Gasteiger partial charge on any atom is 0.293 e. The van der Waals surface area contributed by atoms with Crippen LogP contribution in [0.15, 0.2) is 0 Å².